The summed E-state index contributed by atoms with van der Waals surface area (Å²) in [4.78, 5) is 11.2. The van der Waals surface area contributed by atoms with Crippen LogP contribution >= 0.6 is 0 Å². The summed E-state index contributed by atoms with van der Waals surface area (Å²) in [7, 11) is 0. The van der Waals surface area contributed by atoms with Crippen LogP contribution in [0.15, 0.2) is 0 Å². The SMILES string of the molecule is CCC(C)OC(=O)NCCCCC1CN1. The van der Waals surface area contributed by atoms with E-state index in [4.69, 9.17) is 4.74 Å². The molecule has 1 aliphatic heterocycles. The van der Waals surface area contributed by atoms with Crippen LogP contribution in [-0.4, -0.2) is 31.3 Å². The Hall–Kier alpha value is -0.770. The van der Waals surface area contributed by atoms with Crippen LogP contribution in [0.4, 0.5) is 4.79 Å². The Morgan fingerprint density at radius 2 is 2.33 bits per heavy atom. The fourth-order valence-corrected chi connectivity index (χ4v) is 1.30. The molecule has 0 bridgehead atoms. The number of rotatable bonds is 7. The van der Waals surface area contributed by atoms with Crippen molar-refractivity contribution in [3.63, 3.8) is 0 Å². The van der Waals surface area contributed by atoms with E-state index in [1.165, 1.54) is 19.4 Å². The molecule has 0 radical (unpaired) electrons. The number of hydrogen-bond donors (Lipinski definition) is 2. The highest BCUT2D eigenvalue weighted by Gasteiger charge is 2.18. The van der Waals surface area contributed by atoms with Crippen molar-refractivity contribution in [2.45, 2.75) is 51.7 Å². The molecule has 1 amide bonds. The zero-order valence-corrected chi connectivity index (χ0v) is 9.71. The number of unbranched alkanes of at least 4 members (excludes halogenated alkanes) is 1. The number of alkyl carbamates (subject to hydrolysis) is 1. The molecule has 4 heteroatoms. The molecule has 2 unspecified atom stereocenters. The largest absolute Gasteiger partial charge is 0.447 e. The smallest absolute Gasteiger partial charge is 0.407 e. The Balaban J connectivity index is 1.87. The fourth-order valence-electron chi connectivity index (χ4n) is 1.30. The van der Waals surface area contributed by atoms with E-state index in [9.17, 15) is 4.79 Å². The van der Waals surface area contributed by atoms with Crippen LogP contribution in [0.5, 0.6) is 0 Å². The van der Waals surface area contributed by atoms with Gasteiger partial charge in [0.05, 0.1) is 0 Å². The van der Waals surface area contributed by atoms with Crippen LogP contribution in [0, 0.1) is 0 Å². The van der Waals surface area contributed by atoms with E-state index in [1.54, 1.807) is 0 Å². The van der Waals surface area contributed by atoms with Crippen molar-refractivity contribution in [3.05, 3.63) is 0 Å². The second-order valence-electron chi connectivity index (χ2n) is 4.15. The van der Waals surface area contributed by atoms with E-state index in [1.807, 2.05) is 13.8 Å². The van der Waals surface area contributed by atoms with Gasteiger partial charge in [0.2, 0.25) is 0 Å². The van der Waals surface area contributed by atoms with E-state index >= 15 is 0 Å². The van der Waals surface area contributed by atoms with Gasteiger partial charge in [0.25, 0.3) is 0 Å². The summed E-state index contributed by atoms with van der Waals surface area (Å²) in [6.45, 7) is 5.80. The maximum atomic E-state index is 11.2. The molecular formula is C11H22N2O2. The molecule has 0 spiro atoms. The third-order valence-corrected chi connectivity index (χ3v) is 2.62. The zero-order chi connectivity index (χ0) is 11.1. The fraction of sp³-hybridized carbons (Fsp3) is 0.909. The molecule has 1 aliphatic rings. The first-order valence-electron chi connectivity index (χ1n) is 5.90. The van der Waals surface area contributed by atoms with Gasteiger partial charge < -0.3 is 15.4 Å². The molecule has 1 fully saturated rings. The molecular weight excluding hydrogens is 192 g/mol. The molecule has 0 saturated carbocycles. The predicted molar refractivity (Wildman–Crippen MR) is 59.9 cm³/mol. The maximum Gasteiger partial charge on any atom is 0.407 e. The molecule has 0 aliphatic carbocycles. The van der Waals surface area contributed by atoms with E-state index in [0.717, 1.165) is 25.4 Å². The second-order valence-corrected chi connectivity index (χ2v) is 4.15. The van der Waals surface area contributed by atoms with Gasteiger partial charge in [0.1, 0.15) is 6.10 Å². The molecule has 2 N–H and O–H groups in total. The number of amides is 1. The zero-order valence-electron chi connectivity index (χ0n) is 9.71. The van der Waals surface area contributed by atoms with E-state index in [-0.39, 0.29) is 12.2 Å². The first kappa shape index (κ1) is 12.3. The van der Waals surface area contributed by atoms with Crippen LogP contribution in [0.3, 0.4) is 0 Å². The van der Waals surface area contributed by atoms with Crippen LogP contribution < -0.4 is 10.6 Å². The molecule has 4 nitrogen and oxygen atoms in total. The van der Waals surface area contributed by atoms with Gasteiger partial charge in [-0.25, -0.2) is 4.79 Å². The van der Waals surface area contributed by atoms with Crippen LogP contribution in [-0.2, 0) is 4.74 Å². The van der Waals surface area contributed by atoms with Crippen molar-refractivity contribution in [3.8, 4) is 0 Å². The van der Waals surface area contributed by atoms with Crippen molar-refractivity contribution in [2.24, 2.45) is 0 Å². The Bertz CT molecular complexity index is 193. The lowest BCUT2D eigenvalue weighted by Crippen LogP contribution is -2.28. The third-order valence-electron chi connectivity index (χ3n) is 2.62. The van der Waals surface area contributed by atoms with Gasteiger partial charge in [-0.15, -0.1) is 0 Å². The van der Waals surface area contributed by atoms with E-state index in [2.05, 4.69) is 10.6 Å². The summed E-state index contributed by atoms with van der Waals surface area (Å²) in [6, 6.07) is 0.747. The number of nitrogens with one attached hydrogen (secondary N) is 2. The minimum atomic E-state index is -0.283. The third kappa shape index (κ3) is 6.33. The monoisotopic (exact) mass is 214 g/mol. The topological polar surface area (TPSA) is 60.3 Å². The maximum absolute atomic E-state index is 11.2. The summed E-state index contributed by atoms with van der Waals surface area (Å²) >= 11 is 0. The number of carbonyl (C=O) groups is 1. The number of ether oxygens (including phenoxy) is 1. The molecule has 1 rings (SSSR count). The molecule has 0 aromatic carbocycles. The van der Waals surface area contributed by atoms with E-state index < -0.39 is 0 Å². The molecule has 2 atom stereocenters. The lowest BCUT2D eigenvalue weighted by Gasteiger charge is -2.11. The quantitative estimate of drug-likeness (QED) is 0.500. The lowest BCUT2D eigenvalue weighted by atomic mass is 10.2. The summed E-state index contributed by atoms with van der Waals surface area (Å²) in [6.07, 6.45) is 4.02. The minimum absolute atomic E-state index is 0.0145. The average Bonchev–Trinajstić information content (AvgIpc) is 3.01. The second kappa shape index (κ2) is 6.67. The van der Waals surface area contributed by atoms with Gasteiger partial charge in [-0.3, -0.25) is 0 Å². The molecule has 1 saturated heterocycles. The summed E-state index contributed by atoms with van der Waals surface area (Å²) in [5.74, 6) is 0. The average molecular weight is 214 g/mol. The summed E-state index contributed by atoms with van der Waals surface area (Å²) < 4.78 is 5.08. The molecule has 15 heavy (non-hydrogen) atoms. The van der Waals surface area contributed by atoms with Crippen molar-refractivity contribution in [1.82, 2.24) is 10.6 Å². The minimum Gasteiger partial charge on any atom is -0.447 e. The van der Waals surface area contributed by atoms with Gasteiger partial charge >= 0.3 is 6.09 Å². The Morgan fingerprint density at radius 1 is 1.60 bits per heavy atom. The first-order valence-corrected chi connectivity index (χ1v) is 5.90. The van der Waals surface area contributed by atoms with Crippen molar-refractivity contribution >= 4 is 6.09 Å². The summed E-state index contributed by atoms with van der Waals surface area (Å²) in [5, 5.41) is 6.02. The Morgan fingerprint density at radius 3 is 2.93 bits per heavy atom. The number of carbonyl (C=O) groups excluding carboxylic acids is 1. The van der Waals surface area contributed by atoms with Crippen molar-refractivity contribution in [2.75, 3.05) is 13.1 Å². The molecule has 88 valence electrons. The number of hydrogen-bond acceptors (Lipinski definition) is 3. The van der Waals surface area contributed by atoms with E-state index in [0.29, 0.717) is 0 Å². The summed E-state index contributed by atoms with van der Waals surface area (Å²) in [5.41, 5.74) is 0. The van der Waals surface area contributed by atoms with Crippen molar-refractivity contribution < 1.29 is 9.53 Å². The van der Waals surface area contributed by atoms with Crippen LogP contribution in [0.2, 0.25) is 0 Å². The molecule has 0 aromatic heterocycles. The standard InChI is InChI=1S/C11H22N2O2/c1-3-9(2)15-11(14)12-7-5-4-6-10-8-13-10/h9-10,13H,3-8H2,1-2H3,(H,12,14). The molecule has 1 heterocycles. The van der Waals surface area contributed by atoms with Gasteiger partial charge in [-0.1, -0.05) is 13.3 Å². The normalized spacial score (nSPS) is 20.8. The van der Waals surface area contributed by atoms with Gasteiger partial charge in [0, 0.05) is 19.1 Å². The van der Waals surface area contributed by atoms with Crippen LogP contribution in [0.25, 0.3) is 0 Å². The first-order chi connectivity index (χ1) is 7.22. The van der Waals surface area contributed by atoms with Crippen molar-refractivity contribution in [1.29, 1.82) is 0 Å². The predicted octanol–water partition coefficient (Wildman–Crippen LogP) is 1.65. The highest BCUT2D eigenvalue weighted by Crippen LogP contribution is 2.07. The Kier molecular flexibility index (Phi) is 5.47. The van der Waals surface area contributed by atoms with Gasteiger partial charge in [-0.05, 0) is 26.2 Å². The highest BCUT2D eigenvalue weighted by molar-refractivity contribution is 5.67. The van der Waals surface area contributed by atoms with Crippen LogP contribution in [0.1, 0.15) is 39.5 Å². The highest BCUT2D eigenvalue weighted by atomic mass is 16.6. The van der Waals surface area contributed by atoms with Gasteiger partial charge in [0.15, 0.2) is 0 Å². The van der Waals surface area contributed by atoms with Gasteiger partial charge in [-0.2, -0.15) is 0 Å². The lowest BCUT2D eigenvalue weighted by molar-refractivity contribution is 0.105. The molecule has 0 aromatic rings. The Labute approximate surface area is 91.8 Å².